The van der Waals surface area contributed by atoms with Crippen molar-refractivity contribution in [1.29, 1.82) is 0 Å². The highest BCUT2D eigenvalue weighted by molar-refractivity contribution is 5.48. The smallest absolute Gasteiger partial charge is 0.251 e. The van der Waals surface area contributed by atoms with E-state index in [-0.39, 0.29) is 11.6 Å². The molecule has 4 rings (SSSR count). The summed E-state index contributed by atoms with van der Waals surface area (Å²) < 4.78 is 10.8. The largest absolute Gasteiger partial charge is 0.491 e. The van der Waals surface area contributed by atoms with Gasteiger partial charge in [0.15, 0.2) is 5.82 Å². The van der Waals surface area contributed by atoms with Gasteiger partial charge in [0.1, 0.15) is 18.1 Å². The first-order chi connectivity index (χ1) is 15.2. The summed E-state index contributed by atoms with van der Waals surface area (Å²) in [6, 6.07) is 15.5. The van der Waals surface area contributed by atoms with Crippen molar-refractivity contribution in [3.8, 4) is 17.3 Å². The Bertz CT molecular complexity index is 1040. The van der Waals surface area contributed by atoms with Crippen LogP contribution in [0.1, 0.15) is 36.6 Å². The van der Waals surface area contributed by atoms with Crippen LogP contribution >= 0.6 is 0 Å². The molecule has 1 aliphatic heterocycles. The fourth-order valence-electron chi connectivity index (χ4n) is 4.00. The molecule has 1 fully saturated rings. The number of hydrogen-bond donors (Lipinski definition) is 1. The third kappa shape index (κ3) is 5.57. The number of likely N-dealkylation sites (tertiary alicyclic amines) is 1. The van der Waals surface area contributed by atoms with Crippen LogP contribution in [0, 0.1) is 0 Å². The molecule has 0 bridgehead atoms. The van der Waals surface area contributed by atoms with Crippen molar-refractivity contribution in [2.24, 2.45) is 0 Å². The lowest BCUT2D eigenvalue weighted by molar-refractivity contribution is 0.136. The highest BCUT2D eigenvalue weighted by atomic mass is 16.5. The van der Waals surface area contributed by atoms with E-state index in [2.05, 4.69) is 27.0 Å². The van der Waals surface area contributed by atoms with Gasteiger partial charge in [-0.1, -0.05) is 24.6 Å². The number of aromatic nitrogens is 3. The van der Waals surface area contributed by atoms with Gasteiger partial charge in [0.2, 0.25) is 0 Å². The van der Waals surface area contributed by atoms with Crippen molar-refractivity contribution in [2.45, 2.75) is 31.8 Å². The van der Waals surface area contributed by atoms with Crippen molar-refractivity contribution in [3.63, 3.8) is 0 Å². The van der Waals surface area contributed by atoms with E-state index in [0.717, 1.165) is 43.8 Å². The molecule has 1 N–H and O–H groups in total. The molecule has 0 amide bonds. The molecule has 7 nitrogen and oxygen atoms in total. The first-order valence-corrected chi connectivity index (χ1v) is 10.7. The van der Waals surface area contributed by atoms with Crippen LogP contribution in [0.5, 0.6) is 5.75 Å². The zero-order valence-corrected chi connectivity index (χ0v) is 17.8. The maximum atomic E-state index is 12.4. The molecule has 0 aliphatic carbocycles. The number of aromatic amines is 1. The molecule has 31 heavy (non-hydrogen) atoms. The number of methoxy groups -OCH3 is 1. The van der Waals surface area contributed by atoms with Gasteiger partial charge in [-0.15, -0.1) is 0 Å². The van der Waals surface area contributed by atoms with E-state index in [1.54, 1.807) is 19.4 Å². The van der Waals surface area contributed by atoms with E-state index in [1.165, 1.54) is 5.56 Å². The van der Waals surface area contributed by atoms with Crippen LogP contribution in [0.15, 0.2) is 59.5 Å². The van der Waals surface area contributed by atoms with Gasteiger partial charge in [0.05, 0.1) is 18.3 Å². The Hall–Kier alpha value is -3.03. The summed E-state index contributed by atoms with van der Waals surface area (Å²) in [5, 5.41) is 0. The molecule has 3 aromatic rings. The Balaban J connectivity index is 1.55. The number of ether oxygens (including phenoxy) is 2. The number of benzene rings is 1. The number of H-pyrrole nitrogens is 1. The summed E-state index contributed by atoms with van der Waals surface area (Å²) in [5.41, 5.74) is 2.50. The lowest BCUT2D eigenvalue weighted by Crippen LogP contribution is -2.34. The fourth-order valence-corrected chi connectivity index (χ4v) is 4.00. The normalized spacial score (nSPS) is 16.9. The van der Waals surface area contributed by atoms with Gasteiger partial charge in [0.25, 0.3) is 5.56 Å². The second kappa shape index (κ2) is 10.3. The van der Waals surface area contributed by atoms with E-state index in [4.69, 9.17) is 14.5 Å². The molecule has 1 saturated heterocycles. The number of hydrogen-bond acceptors (Lipinski definition) is 6. The van der Waals surface area contributed by atoms with Crippen LogP contribution in [-0.4, -0.2) is 46.7 Å². The molecule has 7 heteroatoms. The highest BCUT2D eigenvalue weighted by Crippen LogP contribution is 2.31. The molecule has 162 valence electrons. The second-order valence-electron chi connectivity index (χ2n) is 7.70. The Morgan fingerprint density at radius 1 is 1.13 bits per heavy atom. The average molecular weight is 421 g/mol. The molecule has 1 atom stereocenters. The first-order valence-electron chi connectivity index (χ1n) is 10.7. The number of nitrogens with zero attached hydrogens (tertiary/aromatic N) is 3. The summed E-state index contributed by atoms with van der Waals surface area (Å²) in [7, 11) is 1.66. The van der Waals surface area contributed by atoms with Gasteiger partial charge in [-0.25, -0.2) is 4.98 Å². The molecule has 2 aromatic heterocycles. The Morgan fingerprint density at radius 3 is 2.90 bits per heavy atom. The predicted octanol–water partition coefficient (Wildman–Crippen LogP) is 3.58. The maximum absolute atomic E-state index is 12.4. The predicted molar refractivity (Wildman–Crippen MR) is 119 cm³/mol. The average Bonchev–Trinajstić information content (AvgIpc) is 2.80. The third-order valence-electron chi connectivity index (χ3n) is 5.46. The lowest BCUT2D eigenvalue weighted by Gasteiger charge is -2.35. The van der Waals surface area contributed by atoms with Crippen molar-refractivity contribution in [2.75, 3.05) is 26.9 Å². The standard InChI is InChI=1S/C24H28N4O3/c1-30-13-14-31-19-8-6-7-18(15-19)17-28-12-5-3-10-22(28)21-16-23(29)27-24(26-21)20-9-2-4-11-25-20/h2,4,6-9,11,15-16,22H,3,5,10,12-14,17H2,1H3,(H,26,27,29)/t22-/m0/s1. The van der Waals surface area contributed by atoms with E-state index < -0.39 is 0 Å². The van der Waals surface area contributed by atoms with E-state index in [9.17, 15) is 4.79 Å². The zero-order valence-electron chi connectivity index (χ0n) is 17.8. The summed E-state index contributed by atoms with van der Waals surface area (Å²) in [4.78, 5) is 26.7. The highest BCUT2D eigenvalue weighted by Gasteiger charge is 2.26. The quantitative estimate of drug-likeness (QED) is 0.561. The van der Waals surface area contributed by atoms with Gasteiger partial charge in [-0.05, 0) is 49.2 Å². The minimum Gasteiger partial charge on any atom is -0.491 e. The van der Waals surface area contributed by atoms with Crippen LogP contribution < -0.4 is 10.3 Å². The van der Waals surface area contributed by atoms with Crippen molar-refractivity contribution in [1.82, 2.24) is 19.9 Å². The zero-order chi connectivity index (χ0) is 21.5. The number of piperidine rings is 1. The Morgan fingerprint density at radius 2 is 2.06 bits per heavy atom. The van der Waals surface area contributed by atoms with E-state index in [0.29, 0.717) is 24.7 Å². The fraction of sp³-hybridized carbons (Fsp3) is 0.375. The minimum absolute atomic E-state index is 0.0941. The van der Waals surface area contributed by atoms with Gasteiger partial charge in [-0.3, -0.25) is 14.7 Å². The Labute approximate surface area is 182 Å². The van der Waals surface area contributed by atoms with Gasteiger partial charge in [0, 0.05) is 25.9 Å². The van der Waals surface area contributed by atoms with Crippen LogP contribution in [0.2, 0.25) is 0 Å². The molecular weight excluding hydrogens is 392 g/mol. The summed E-state index contributed by atoms with van der Waals surface area (Å²) >= 11 is 0. The van der Waals surface area contributed by atoms with Gasteiger partial charge < -0.3 is 14.5 Å². The SMILES string of the molecule is COCCOc1cccc(CN2CCCC[C@H]2c2cc(=O)[nH]c(-c3ccccn3)n2)c1. The second-order valence-corrected chi connectivity index (χ2v) is 7.70. The molecule has 0 radical (unpaired) electrons. The van der Waals surface area contributed by atoms with Gasteiger partial charge >= 0.3 is 0 Å². The molecule has 1 aromatic carbocycles. The van der Waals surface area contributed by atoms with Crippen molar-refractivity contribution < 1.29 is 9.47 Å². The van der Waals surface area contributed by atoms with Crippen LogP contribution in [-0.2, 0) is 11.3 Å². The van der Waals surface area contributed by atoms with Crippen molar-refractivity contribution in [3.05, 3.63) is 76.3 Å². The first kappa shape index (κ1) is 21.2. The molecule has 0 unspecified atom stereocenters. The number of rotatable bonds is 8. The summed E-state index contributed by atoms with van der Waals surface area (Å²) in [5.74, 6) is 1.36. The lowest BCUT2D eigenvalue weighted by atomic mass is 9.98. The van der Waals surface area contributed by atoms with Gasteiger partial charge in [-0.2, -0.15) is 0 Å². The summed E-state index contributed by atoms with van der Waals surface area (Å²) in [6.07, 6.45) is 4.93. The number of nitrogens with one attached hydrogen (secondary N) is 1. The molecule has 0 spiro atoms. The monoisotopic (exact) mass is 420 g/mol. The van der Waals surface area contributed by atoms with E-state index in [1.807, 2.05) is 30.3 Å². The minimum atomic E-state index is -0.148. The van der Waals surface area contributed by atoms with Crippen LogP contribution in [0.25, 0.3) is 11.5 Å². The third-order valence-corrected chi connectivity index (χ3v) is 5.46. The number of pyridine rings is 1. The van der Waals surface area contributed by atoms with Crippen LogP contribution in [0.3, 0.4) is 0 Å². The van der Waals surface area contributed by atoms with E-state index >= 15 is 0 Å². The molecular formula is C24H28N4O3. The molecule has 0 saturated carbocycles. The molecule has 1 aliphatic rings. The topological polar surface area (TPSA) is 80.3 Å². The van der Waals surface area contributed by atoms with Crippen molar-refractivity contribution >= 4 is 0 Å². The van der Waals surface area contributed by atoms with Crippen LogP contribution in [0.4, 0.5) is 0 Å². The molecule has 3 heterocycles. The maximum Gasteiger partial charge on any atom is 0.251 e. The summed E-state index contributed by atoms with van der Waals surface area (Å²) in [6.45, 7) is 2.83. The Kier molecular flexibility index (Phi) is 7.07.